The second kappa shape index (κ2) is 6.91. The molecular weight excluding hydrogens is 314 g/mol. The fraction of sp³-hybridized carbons (Fsp3) is 0.294. The zero-order valence-electron chi connectivity index (χ0n) is 11.9. The molecule has 2 rings (SSSR count). The summed E-state index contributed by atoms with van der Waals surface area (Å²) in [5, 5.41) is 10.3. The lowest BCUT2D eigenvalue weighted by Crippen LogP contribution is -2.20. The first kappa shape index (κ1) is 15.1. The van der Waals surface area contributed by atoms with Gasteiger partial charge >= 0.3 is 0 Å². The lowest BCUT2D eigenvalue weighted by Gasteiger charge is -2.21. The molecule has 0 spiro atoms. The number of anilines is 1. The predicted molar refractivity (Wildman–Crippen MR) is 88.2 cm³/mol. The number of aliphatic hydroxyl groups is 1. The monoisotopic (exact) mass is 333 g/mol. The van der Waals surface area contributed by atoms with E-state index in [0.29, 0.717) is 6.42 Å². The molecular formula is C17H20BrNO. The summed E-state index contributed by atoms with van der Waals surface area (Å²) in [7, 11) is 2.05. The maximum absolute atomic E-state index is 10.3. The van der Waals surface area contributed by atoms with Crippen molar-refractivity contribution < 1.29 is 5.11 Å². The van der Waals surface area contributed by atoms with Crippen LogP contribution in [0.5, 0.6) is 0 Å². The molecule has 2 aromatic carbocycles. The molecule has 0 aromatic heterocycles. The van der Waals surface area contributed by atoms with E-state index in [-0.39, 0.29) is 0 Å². The number of rotatable bonds is 5. The van der Waals surface area contributed by atoms with Crippen molar-refractivity contribution in [3.63, 3.8) is 0 Å². The molecule has 0 heterocycles. The summed E-state index contributed by atoms with van der Waals surface area (Å²) < 4.78 is 0.963. The van der Waals surface area contributed by atoms with E-state index in [1.54, 1.807) is 0 Å². The van der Waals surface area contributed by atoms with Crippen molar-refractivity contribution in [3.05, 3.63) is 64.1 Å². The Morgan fingerprint density at radius 1 is 1.10 bits per heavy atom. The zero-order chi connectivity index (χ0) is 14.5. The van der Waals surface area contributed by atoms with Crippen LogP contribution in [0.25, 0.3) is 0 Å². The summed E-state index contributed by atoms with van der Waals surface area (Å²) in [5.74, 6) is 0. The second-order valence-electron chi connectivity index (χ2n) is 5.08. The summed E-state index contributed by atoms with van der Waals surface area (Å²) in [5.41, 5.74) is 3.38. The van der Waals surface area contributed by atoms with E-state index in [0.717, 1.165) is 16.6 Å². The molecule has 2 nitrogen and oxygen atoms in total. The van der Waals surface area contributed by atoms with E-state index in [1.165, 1.54) is 11.3 Å². The molecule has 0 aliphatic heterocycles. The lowest BCUT2D eigenvalue weighted by molar-refractivity contribution is 0.169. The summed E-state index contributed by atoms with van der Waals surface area (Å²) in [6.07, 6.45) is 0.256. The minimum atomic E-state index is -0.446. The molecule has 2 aromatic rings. The summed E-state index contributed by atoms with van der Waals surface area (Å²) in [6.45, 7) is 2.89. The molecule has 106 valence electrons. The Bertz CT molecular complexity index is 553. The van der Waals surface area contributed by atoms with Crippen LogP contribution in [0.2, 0.25) is 0 Å². The standard InChI is InChI=1S/C17H20BrNO/c1-13-7-9-14(10-8-13)19(2)12-11-17(20)15-5-3-4-6-16(15)18/h3-10,17,20H,11-12H2,1-2H3. The molecule has 1 unspecified atom stereocenters. The van der Waals surface area contributed by atoms with Gasteiger partial charge in [-0.1, -0.05) is 51.8 Å². The van der Waals surface area contributed by atoms with Gasteiger partial charge in [0.2, 0.25) is 0 Å². The highest BCUT2D eigenvalue weighted by Crippen LogP contribution is 2.26. The van der Waals surface area contributed by atoms with Crippen LogP contribution in [0.1, 0.15) is 23.7 Å². The quantitative estimate of drug-likeness (QED) is 0.880. The number of benzene rings is 2. The second-order valence-corrected chi connectivity index (χ2v) is 5.94. The molecule has 20 heavy (non-hydrogen) atoms. The van der Waals surface area contributed by atoms with Crippen LogP contribution in [0.15, 0.2) is 53.0 Å². The van der Waals surface area contributed by atoms with Crippen LogP contribution in [-0.4, -0.2) is 18.7 Å². The van der Waals surface area contributed by atoms with Crippen LogP contribution in [-0.2, 0) is 0 Å². The Morgan fingerprint density at radius 2 is 1.75 bits per heavy atom. The van der Waals surface area contributed by atoms with E-state index in [4.69, 9.17) is 0 Å². The van der Waals surface area contributed by atoms with Crippen LogP contribution < -0.4 is 4.90 Å². The van der Waals surface area contributed by atoms with Crippen molar-refractivity contribution in [3.8, 4) is 0 Å². The molecule has 0 radical (unpaired) electrons. The summed E-state index contributed by atoms with van der Waals surface area (Å²) >= 11 is 3.48. The fourth-order valence-corrected chi connectivity index (χ4v) is 2.69. The van der Waals surface area contributed by atoms with E-state index >= 15 is 0 Å². The van der Waals surface area contributed by atoms with Crippen molar-refractivity contribution in [1.29, 1.82) is 0 Å². The van der Waals surface area contributed by atoms with Crippen molar-refractivity contribution >= 4 is 21.6 Å². The molecule has 0 aliphatic rings. The maximum atomic E-state index is 10.3. The van der Waals surface area contributed by atoms with Crippen LogP contribution >= 0.6 is 15.9 Å². The van der Waals surface area contributed by atoms with E-state index in [2.05, 4.69) is 59.1 Å². The number of nitrogens with zero attached hydrogens (tertiary/aromatic N) is 1. The van der Waals surface area contributed by atoms with Gasteiger partial charge in [-0.15, -0.1) is 0 Å². The van der Waals surface area contributed by atoms with Gasteiger partial charge in [-0.3, -0.25) is 0 Å². The normalized spacial score (nSPS) is 12.2. The lowest BCUT2D eigenvalue weighted by atomic mass is 10.1. The molecule has 0 aliphatic carbocycles. The number of aliphatic hydroxyl groups excluding tert-OH is 1. The summed E-state index contributed by atoms with van der Waals surface area (Å²) in [4.78, 5) is 2.17. The Morgan fingerprint density at radius 3 is 2.40 bits per heavy atom. The minimum Gasteiger partial charge on any atom is -0.388 e. The Kier molecular flexibility index (Phi) is 5.21. The molecule has 1 atom stereocenters. The molecule has 0 amide bonds. The Labute approximate surface area is 129 Å². The Hall–Kier alpha value is -1.32. The van der Waals surface area contributed by atoms with Crippen molar-refractivity contribution in [2.24, 2.45) is 0 Å². The van der Waals surface area contributed by atoms with Gasteiger partial charge < -0.3 is 10.0 Å². The largest absolute Gasteiger partial charge is 0.388 e. The maximum Gasteiger partial charge on any atom is 0.0817 e. The van der Waals surface area contributed by atoms with Crippen molar-refractivity contribution in [2.75, 3.05) is 18.5 Å². The highest BCUT2D eigenvalue weighted by Gasteiger charge is 2.11. The summed E-state index contributed by atoms with van der Waals surface area (Å²) in [6, 6.07) is 16.3. The smallest absolute Gasteiger partial charge is 0.0817 e. The highest BCUT2D eigenvalue weighted by atomic mass is 79.9. The molecule has 0 fully saturated rings. The van der Waals surface area contributed by atoms with E-state index in [1.807, 2.05) is 24.3 Å². The van der Waals surface area contributed by atoms with E-state index in [9.17, 15) is 5.11 Å². The number of hydrogen-bond donors (Lipinski definition) is 1. The first-order valence-electron chi connectivity index (χ1n) is 6.78. The van der Waals surface area contributed by atoms with Gasteiger partial charge in [0.25, 0.3) is 0 Å². The fourth-order valence-electron chi connectivity index (χ4n) is 2.15. The van der Waals surface area contributed by atoms with Gasteiger partial charge in [0.15, 0.2) is 0 Å². The van der Waals surface area contributed by atoms with Gasteiger partial charge in [-0.25, -0.2) is 0 Å². The molecule has 3 heteroatoms. The van der Waals surface area contributed by atoms with Crippen molar-refractivity contribution in [2.45, 2.75) is 19.4 Å². The van der Waals surface area contributed by atoms with Crippen LogP contribution in [0, 0.1) is 6.92 Å². The van der Waals surface area contributed by atoms with E-state index < -0.39 is 6.10 Å². The number of aryl methyl sites for hydroxylation is 1. The highest BCUT2D eigenvalue weighted by molar-refractivity contribution is 9.10. The third-order valence-corrected chi connectivity index (χ3v) is 4.20. The molecule has 0 saturated heterocycles. The van der Waals surface area contributed by atoms with Gasteiger partial charge in [-0.05, 0) is 37.1 Å². The van der Waals surface area contributed by atoms with Gasteiger partial charge in [0, 0.05) is 23.8 Å². The van der Waals surface area contributed by atoms with Gasteiger partial charge in [-0.2, -0.15) is 0 Å². The average molecular weight is 334 g/mol. The third-order valence-electron chi connectivity index (χ3n) is 3.48. The van der Waals surface area contributed by atoms with Crippen molar-refractivity contribution in [1.82, 2.24) is 0 Å². The third kappa shape index (κ3) is 3.84. The van der Waals surface area contributed by atoms with Gasteiger partial charge in [0.1, 0.15) is 0 Å². The average Bonchev–Trinajstić information content (AvgIpc) is 2.45. The SMILES string of the molecule is Cc1ccc(N(C)CCC(O)c2ccccc2Br)cc1. The first-order valence-corrected chi connectivity index (χ1v) is 7.57. The minimum absolute atomic E-state index is 0.446. The number of hydrogen-bond acceptors (Lipinski definition) is 2. The zero-order valence-corrected chi connectivity index (χ0v) is 13.5. The molecule has 0 bridgehead atoms. The van der Waals surface area contributed by atoms with Gasteiger partial charge in [0.05, 0.1) is 6.10 Å². The van der Waals surface area contributed by atoms with Crippen LogP contribution in [0.4, 0.5) is 5.69 Å². The molecule has 0 saturated carbocycles. The topological polar surface area (TPSA) is 23.5 Å². The van der Waals surface area contributed by atoms with Crippen LogP contribution in [0.3, 0.4) is 0 Å². The predicted octanol–water partition coefficient (Wildman–Crippen LogP) is 4.32. The molecule has 1 N–H and O–H groups in total. The Balaban J connectivity index is 1.95. The first-order chi connectivity index (χ1) is 9.58. The number of halogens is 1.